The number of nitrogens with one attached hydrogen (secondary N) is 1. The Morgan fingerprint density at radius 1 is 1.10 bits per heavy atom. The van der Waals surface area contributed by atoms with Crippen LogP contribution in [0.3, 0.4) is 0 Å². The van der Waals surface area contributed by atoms with Gasteiger partial charge in [0.25, 0.3) is 6.01 Å². The monoisotopic (exact) mass is 518 g/mol. The molecule has 1 saturated heterocycles. The van der Waals surface area contributed by atoms with Crippen LogP contribution in [0.2, 0.25) is 5.02 Å². The number of benzene rings is 2. The summed E-state index contributed by atoms with van der Waals surface area (Å²) in [6.07, 6.45) is 6.16. The van der Waals surface area contributed by atoms with Crippen LogP contribution in [-0.4, -0.2) is 38.0 Å². The van der Waals surface area contributed by atoms with Gasteiger partial charge in [0.05, 0.1) is 0 Å². The van der Waals surface area contributed by atoms with Gasteiger partial charge >= 0.3 is 148 Å². The molecule has 1 N–H and O–H groups in total. The van der Waals surface area contributed by atoms with Gasteiger partial charge in [0.1, 0.15) is 6.10 Å². The Kier molecular flexibility index (Phi) is 5.76. The van der Waals surface area contributed by atoms with Crippen molar-refractivity contribution in [2.45, 2.75) is 44.1 Å². The van der Waals surface area contributed by atoms with Gasteiger partial charge in [-0.25, -0.2) is 0 Å². The van der Waals surface area contributed by atoms with Crippen molar-refractivity contribution in [2.24, 2.45) is 0 Å². The van der Waals surface area contributed by atoms with Crippen molar-refractivity contribution in [3.05, 3.63) is 47.0 Å². The average molecular weight is 519 g/mol. The topological polar surface area (TPSA) is 41.2 Å². The van der Waals surface area contributed by atoms with E-state index in [9.17, 15) is 0 Å². The van der Waals surface area contributed by atoms with Gasteiger partial charge < -0.3 is 9.72 Å². The van der Waals surface area contributed by atoms with Crippen LogP contribution in [0.4, 0.5) is 0 Å². The summed E-state index contributed by atoms with van der Waals surface area (Å²) in [5.41, 5.74) is 11.2. The van der Waals surface area contributed by atoms with Crippen molar-refractivity contribution in [3.8, 4) is 17.1 Å². The second kappa shape index (κ2) is 8.48. The number of piperidine rings is 1. The fraction of sp³-hybridized carbons (Fsp3) is 0.409. The standard InChI is InChI=1S/C22H23BClIN3O/c23-25-28-10-8-15(9-11-28)14-4-6-16(7-5-14)18-12-20-21(13-19(18)24)27-22(26-20)29-17-2-1-3-17/h4-7,12-13,15,17H,1-3,8-11H2,(H,26,27)/q-1. The molecule has 2 radical (unpaired) electrons. The van der Waals surface area contributed by atoms with E-state index in [4.69, 9.17) is 22.0 Å². The van der Waals surface area contributed by atoms with Crippen LogP contribution in [0, 0.1) is 0 Å². The Labute approximate surface area is 188 Å². The zero-order valence-corrected chi connectivity index (χ0v) is 19.1. The van der Waals surface area contributed by atoms with Crippen molar-refractivity contribution in [3.63, 3.8) is 0 Å². The van der Waals surface area contributed by atoms with Crippen molar-refractivity contribution in [2.75, 3.05) is 13.1 Å². The molecule has 1 aliphatic heterocycles. The van der Waals surface area contributed by atoms with E-state index < -0.39 is 0 Å². The summed E-state index contributed by atoms with van der Waals surface area (Å²) < 4.78 is 8.32. The van der Waals surface area contributed by atoms with Crippen molar-refractivity contribution in [1.82, 2.24) is 13.1 Å². The van der Waals surface area contributed by atoms with E-state index in [2.05, 4.69) is 43.4 Å². The second-order valence-corrected chi connectivity index (χ2v) is 10.3. The van der Waals surface area contributed by atoms with Crippen molar-refractivity contribution >= 4 is 28.3 Å². The van der Waals surface area contributed by atoms with Gasteiger partial charge in [-0.05, 0) is 19.3 Å². The van der Waals surface area contributed by atoms with Crippen LogP contribution >= 0.6 is 11.6 Å². The molecule has 0 bridgehead atoms. The first-order valence-corrected chi connectivity index (χ1v) is 12.8. The normalized spacial score (nSPS) is 18.9. The molecule has 2 heterocycles. The third-order valence-electron chi connectivity index (χ3n) is 6.15. The number of H-pyrrole nitrogens is 1. The minimum absolute atomic E-state index is 0.258. The molecule has 0 unspecified atom stereocenters. The summed E-state index contributed by atoms with van der Waals surface area (Å²) >= 11 is 6.35. The summed E-state index contributed by atoms with van der Waals surface area (Å²) in [4.78, 5) is 7.87. The number of hydrogen-bond donors (Lipinski definition) is 1. The maximum atomic E-state index is 6.61. The first-order chi connectivity index (χ1) is 14.2. The Bertz CT molecular complexity index is 997. The van der Waals surface area contributed by atoms with E-state index >= 15 is 0 Å². The van der Waals surface area contributed by atoms with Crippen LogP contribution in [0.1, 0.15) is 43.6 Å². The Morgan fingerprint density at radius 3 is 2.52 bits per heavy atom. The van der Waals surface area contributed by atoms with Gasteiger partial charge in [0.2, 0.25) is 0 Å². The molecular formula is C22H23BClIN3O-. The fourth-order valence-corrected chi connectivity index (χ4v) is 5.53. The van der Waals surface area contributed by atoms with E-state index in [1.807, 2.05) is 6.07 Å². The van der Waals surface area contributed by atoms with Crippen LogP contribution in [0.15, 0.2) is 36.4 Å². The molecule has 150 valence electrons. The predicted octanol–water partition coefficient (Wildman–Crippen LogP) is 2.08. The van der Waals surface area contributed by atoms with Crippen molar-refractivity contribution < 1.29 is 26.0 Å². The molecular weight excluding hydrogens is 495 g/mol. The molecule has 1 aliphatic carbocycles. The van der Waals surface area contributed by atoms with E-state index in [1.54, 1.807) is 0 Å². The molecule has 0 spiro atoms. The predicted molar refractivity (Wildman–Crippen MR) is 114 cm³/mol. The number of ether oxygens (including phenoxy) is 1. The van der Waals surface area contributed by atoms with E-state index in [1.165, 1.54) is 24.8 Å². The molecule has 1 aromatic heterocycles. The molecule has 29 heavy (non-hydrogen) atoms. The van der Waals surface area contributed by atoms with Gasteiger partial charge in [-0.1, -0.05) is 0 Å². The minimum atomic E-state index is -0.258. The molecule has 2 aliphatic rings. The van der Waals surface area contributed by atoms with E-state index in [0.29, 0.717) is 18.0 Å². The summed E-state index contributed by atoms with van der Waals surface area (Å²) in [5, 5.41) is 0.726. The molecule has 5 rings (SSSR count). The number of rotatable bonds is 5. The van der Waals surface area contributed by atoms with Gasteiger partial charge in [-0.15, -0.1) is 0 Å². The zero-order valence-electron chi connectivity index (χ0n) is 16.2. The van der Waals surface area contributed by atoms with Crippen LogP contribution in [-0.2, 0) is 0 Å². The molecule has 2 fully saturated rings. The molecule has 0 atom stereocenters. The van der Waals surface area contributed by atoms with Gasteiger partial charge in [-0.2, -0.15) is 0 Å². The van der Waals surface area contributed by atoms with E-state index in [-0.39, 0.29) is 21.3 Å². The summed E-state index contributed by atoms with van der Waals surface area (Å²) in [5.74, 6) is 0.631. The Morgan fingerprint density at radius 2 is 1.86 bits per heavy atom. The molecule has 3 aromatic rings. The molecule has 1 saturated carbocycles. The van der Waals surface area contributed by atoms with Crippen LogP contribution in [0.5, 0.6) is 6.01 Å². The molecule has 0 amide bonds. The number of aromatic amines is 1. The fourth-order valence-electron chi connectivity index (χ4n) is 4.14. The SMILES string of the molecule is [B][I-]N1CCC(c2ccc(-c3cc4nc(OC5CCC5)[nH]c4cc3Cl)cc2)CC1. The number of nitrogens with zero attached hydrogens (tertiary/aromatic N) is 2. The first-order valence-electron chi connectivity index (χ1n) is 10.2. The maximum absolute atomic E-state index is 6.61. The van der Waals surface area contributed by atoms with E-state index in [0.717, 1.165) is 53.1 Å². The van der Waals surface area contributed by atoms with Crippen LogP contribution in [0.25, 0.3) is 22.2 Å². The second-order valence-electron chi connectivity index (χ2n) is 7.97. The van der Waals surface area contributed by atoms with Crippen LogP contribution < -0.4 is 26.0 Å². The quantitative estimate of drug-likeness (QED) is 0.320. The number of hydrogen-bond acceptors (Lipinski definition) is 3. The van der Waals surface area contributed by atoms with Gasteiger partial charge in [0, 0.05) is 0 Å². The third-order valence-corrected chi connectivity index (χ3v) is 8.22. The Balaban J connectivity index is 1.36. The summed E-state index contributed by atoms with van der Waals surface area (Å²) in [6.45, 7) is 2.26. The number of imidazole rings is 1. The molecule has 4 nitrogen and oxygen atoms in total. The van der Waals surface area contributed by atoms with Gasteiger partial charge in [0.15, 0.2) is 0 Å². The summed E-state index contributed by atoms with van der Waals surface area (Å²) in [7, 11) is 0. The Hall–Kier alpha value is -1.25. The average Bonchev–Trinajstić information content (AvgIpc) is 3.12. The molecule has 2 aromatic carbocycles. The van der Waals surface area contributed by atoms with Gasteiger partial charge in [-0.3, -0.25) is 0 Å². The number of fused-ring (bicyclic) bond motifs is 1. The summed E-state index contributed by atoms with van der Waals surface area (Å²) in [6, 6.07) is 13.5. The van der Waals surface area contributed by atoms with Crippen molar-refractivity contribution in [1.29, 1.82) is 0 Å². The zero-order chi connectivity index (χ0) is 19.8. The third kappa shape index (κ3) is 4.16. The molecule has 7 heteroatoms. The number of aromatic nitrogens is 2. The first kappa shape index (κ1) is 19.7. The number of halogens is 2.